The van der Waals surface area contributed by atoms with Crippen molar-refractivity contribution in [1.29, 1.82) is 0 Å². The van der Waals surface area contributed by atoms with E-state index in [1.54, 1.807) is 11.0 Å². The smallest absolute Gasteiger partial charge is 0.410 e. The van der Waals surface area contributed by atoms with Crippen molar-refractivity contribution in [1.82, 2.24) is 9.80 Å². The Morgan fingerprint density at radius 2 is 1.84 bits per heavy atom. The maximum absolute atomic E-state index is 13.1. The zero-order valence-corrected chi connectivity index (χ0v) is 19.5. The fourth-order valence-corrected chi connectivity index (χ4v) is 7.55. The highest BCUT2D eigenvalue weighted by Gasteiger charge is 2.62. The fourth-order valence-electron chi connectivity index (χ4n) is 7.55. The molecule has 4 atom stereocenters. The summed E-state index contributed by atoms with van der Waals surface area (Å²) >= 11 is 0. The molecule has 1 heterocycles. The molecule has 4 unspecified atom stereocenters. The summed E-state index contributed by atoms with van der Waals surface area (Å²) in [5, 5.41) is 10.0. The first-order valence-corrected chi connectivity index (χ1v) is 11.9. The summed E-state index contributed by atoms with van der Waals surface area (Å²) in [6.45, 7) is 9.99. The molecule has 4 aliphatic carbocycles. The maximum Gasteiger partial charge on any atom is 0.410 e. The topological polar surface area (TPSA) is 113 Å². The number of hydrogen-bond acceptors (Lipinski definition) is 4. The molecule has 0 aromatic rings. The Balaban J connectivity index is 1.66. The number of likely N-dealkylation sites (tertiary alicyclic amines) is 1. The molecule has 4 saturated carbocycles. The Bertz CT molecular complexity index is 790. The minimum absolute atomic E-state index is 0.123. The van der Waals surface area contributed by atoms with Gasteiger partial charge in [0.05, 0.1) is 12.1 Å². The molecule has 5 fully saturated rings. The molecule has 0 aromatic heterocycles. The highest BCUT2D eigenvalue weighted by atomic mass is 16.6. The molecule has 1 saturated heterocycles. The first kappa shape index (κ1) is 22.9. The van der Waals surface area contributed by atoms with Crippen LogP contribution in [0.25, 0.3) is 0 Å². The number of carbonyl (C=O) groups is 3. The van der Waals surface area contributed by atoms with E-state index in [9.17, 15) is 19.5 Å². The third-order valence-electron chi connectivity index (χ3n) is 8.28. The van der Waals surface area contributed by atoms with Gasteiger partial charge in [-0.1, -0.05) is 6.08 Å². The molecular formula is C24H37N3O5. The number of ether oxygens (including phenoxy) is 1. The molecule has 1 aliphatic heterocycles. The van der Waals surface area contributed by atoms with E-state index in [1.807, 2.05) is 20.8 Å². The normalized spacial score (nSPS) is 37.9. The van der Waals surface area contributed by atoms with Crippen molar-refractivity contribution in [2.24, 2.45) is 34.8 Å². The van der Waals surface area contributed by atoms with Gasteiger partial charge in [-0.2, -0.15) is 0 Å². The van der Waals surface area contributed by atoms with E-state index in [4.69, 9.17) is 10.5 Å². The van der Waals surface area contributed by atoms with Gasteiger partial charge in [0.1, 0.15) is 5.60 Å². The number of carboxylic acid groups (broad SMARTS) is 1. The fraction of sp³-hybridized carbons (Fsp3) is 0.792. The highest BCUT2D eigenvalue weighted by Crippen LogP contribution is 2.63. The van der Waals surface area contributed by atoms with Crippen LogP contribution in [0.15, 0.2) is 12.7 Å². The van der Waals surface area contributed by atoms with Crippen molar-refractivity contribution in [3.8, 4) is 0 Å². The van der Waals surface area contributed by atoms with Gasteiger partial charge in [0.2, 0.25) is 5.91 Å². The average molecular weight is 448 g/mol. The van der Waals surface area contributed by atoms with Crippen LogP contribution in [-0.2, 0) is 9.53 Å². The van der Waals surface area contributed by atoms with Gasteiger partial charge in [0.15, 0.2) is 0 Å². The summed E-state index contributed by atoms with van der Waals surface area (Å²) in [7, 11) is 0. The van der Waals surface area contributed by atoms with Crippen molar-refractivity contribution in [3.63, 3.8) is 0 Å². The maximum atomic E-state index is 13.1. The Labute approximate surface area is 190 Å². The van der Waals surface area contributed by atoms with Gasteiger partial charge >= 0.3 is 12.2 Å². The molecule has 0 spiro atoms. The van der Waals surface area contributed by atoms with Crippen LogP contribution in [0.4, 0.5) is 9.59 Å². The van der Waals surface area contributed by atoms with E-state index >= 15 is 0 Å². The lowest BCUT2D eigenvalue weighted by atomic mass is 9.44. The molecule has 3 amide bonds. The molecule has 178 valence electrons. The lowest BCUT2D eigenvalue weighted by Gasteiger charge is -2.61. The number of nitrogens with zero attached hydrogens (tertiary/aromatic N) is 2. The summed E-state index contributed by atoms with van der Waals surface area (Å²) in [6, 6.07) is -0.578. The van der Waals surface area contributed by atoms with Crippen LogP contribution in [0, 0.1) is 29.1 Å². The minimum atomic E-state index is -0.946. The van der Waals surface area contributed by atoms with Crippen molar-refractivity contribution in [2.45, 2.75) is 77.0 Å². The van der Waals surface area contributed by atoms with Gasteiger partial charge in [-0.25, -0.2) is 9.59 Å². The van der Waals surface area contributed by atoms with Gasteiger partial charge in [0.25, 0.3) is 0 Å². The van der Waals surface area contributed by atoms with Crippen molar-refractivity contribution in [2.75, 3.05) is 13.1 Å². The summed E-state index contributed by atoms with van der Waals surface area (Å²) in [4.78, 5) is 40.9. The zero-order valence-electron chi connectivity index (χ0n) is 19.5. The minimum Gasteiger partial charge on any atom is -0.465 e. The van der Waals surface area contributed by atoms with E-state index in [-0.39, 0.29) is 35.7 Å². The number of hydrogen-bond donors (Lipinski definition) is 2. The van der Waals surface area contributed by atoms with Crippen molar-refractivity contribution in [3.05, 3.63) is 12.7 Å². The number of nitrogens with two attached hydrogens (primary N) is 1. The van der Waals surface area contributed by atoms with Crippen LogP contribution >= 0.6 is 0 Å². The predicted octanol–water partition coefficient (Wildman–Crippen LogP) is 3.46. The summed E-state index contributed by atoms with van der Waals surface area (Å²) in [5.41, 5.74) is 4.78. The van der Waals surface area contributed by atoms with Crippen LogP contribution in [-0.4, -0.2) is 63.8 Å². The molecule has 3 N–H and O–H groups in total. The molecule has 0 radical (unpaired) electrons. The SMILES string of the molecule is C=CCN(C(=O)OC(C)(C)C)C1CCN(C(=O)O)C1C1C2CC3CC1CC(C(N)=O)(C3)C2. The highest BCUT2D eigenvalue weighted by molar-refractivity contribution is 5.81. The Kier molecular flexibility index (Phi) is 5.70. The second-order valence-electron chi connectivity index (χ2n) is 11.4. The Morgan fingerprint density at radius 1 is 1.22 bits per heavy atom. The zero-order chi connectivity index (χ0) is 23.4. The van der Waals surface area contributed by atoms with E-state index < -0.39 is 23.2 Å². The van der Waals surface area contributed by atoms with Gasteiger partial charge < -0.3 is 20.5 Å². The van der Waals surface area contributed by atoms with E-state index in [0.717, 1.165) is 32.1 Å². The molecule has 5 rings (SSSR count). The van der Waals surface area contributed by atoms with Gasteiger partial charge in [-0.15, -0.1) is 6.58 Å². The monoisotopic (exact) mass is 447 g/mol. The molecule has 5 aliphatic rings. The van der Waals surface area contributed by atoms with Crippen LogP contribution < -0.4 is 5.73 Å². The van der Waals surface area contributed by atoms with Crippen LogP contribution in [0.1, 0.15) is 59.3 Å². The lowest BCUT2D eigenvalue weighted by molar-refractivity contribution is -0.155. The molecule has 4 bridgehead atoms. The lowest BCUT2D eigenvalue weighted by Crippen LogP contribution is -2.63. The van der Waals surface area contributed by atoms with Crippen LogP contribution in [0.3, 0.4) is 0 Å². The van der Waals surface area contributed by atoms with E-state index in [0.29, 0.717) is 25.4 Å². The Hall–Kier alpha value is -2.25. The quantitative estimate of drug-likeness (QED) is 0.627. The number of carbonyl (C=O) groups excluding carboxylic acids is 2. The van der Waals surface area contributed by atoms with E-state index in [1.165, 1.54) is 4.90 Å². The predicted molar refractivity (Wildman–Crippen MR) is 119 cm³/mol. The van der Waals surface area contributed by atoms with Crippen molar-refractivity contribution >= 4 is 18.1 Å². The van der Waals surface area contributed by atoms with Crippen LogP contribution in [0.2, 0.25) is 0 Å². The third-order valence-corrected chi connectivity index (χ3v) is 8.28. The molecule has 8 heteroatoms. The van der Waals surface area contributed by atoms with Crippen molar-refractivity contribution < 1.29 is 24.2 Å². The first-order chi connectivity index (χ1) is 15.0. The second kappa shape index (κ2) is 7.96. The molecule has 32 heavy (non-hydrogen) atoms. The van der Waals surface area contributed by atoms with Gasteiger partial charge in [-0.05, 0) is 83.0 Å². The largest absolute Gasteiger partial charge is 0.465 e. The van der Waals surface area contributed by atoms with E-state index in [2.05, 4.69) is 6.58 Å². The second-order valence-corrected chi connectivity index (χ2v) is 11.4. The number of primary amides is 1. The molecule has 8 nitrogen and oxygen atoms in total. The van der Waals surface area contributed by atoms with Gasteiger partial charge in [0, 0.05) is 18.5 Å². The Morgan fingerprint density at radius 3 is 2.34 bits per heavy atom. The standard InChI is InChI=1S/C24H37N3O5/c1-5-7-26(22(31)32-23(2,3)4)17-6-8-27(21(29)30)19(17)18-15-9-14-10-16(18)13-24(11-14,12-15)20(25)28/h5,14-19H,1,6-13H2,2-4H3,(H2,25,28)(H,29,30). The van der Waals surface area contributed by atoms with Crippen LogP contribution in [0.5, 0.6) is 0 Å². The average Bonchev–Trinajstić information content (AvgIpc) is 3.08. The molecule has 0 aromatic carbocycles. The summed E-state index contributed by atoms with van der Waals surface area (Å²) in [5.74, 6) is 0.924. The number of amides is 3. The summed E-state index contributed by atoms with van der Waals surface area (Å²) < 4.78 is 5.67. The number of rotatable bonds is 5. The third kappa shape index (κ3) is 3.86. The first-order valence-electron chi connectivity index (χ1n) is 11.9. The van der Waals surface area contributed by atoms with Gasteiger partial charge in [-0.3, -0.25) is 9.69 Å². The summed E-state index contributed by atoms with van der Waals surface area (Å²) in [6.07, 6.45) is 5.25. The molecular weight excluding hydrogens is 410 g/mol.